The third-order valence-corrected chi connectivity index (χ3v) is 5.72. The molecule has 1 unspecified atom stereocenters. The number of pyridine rings is 1. The monoisotopic (exact) mass is 356 g/mol. The van der Waals surface area contributed by atoms with Crippen LogP contribution >= 0.6 is 0 Å². The van der Waals surface area contributed by atoms with Gasteiger partial charge in [0.15, 0.2) is 0 Å². The molecule has 0 saturated carbocycles. The summed E-state index contributed by atoms with van der Waals surface area (Å²) in [4.78, 5) is 4.87. The van der Waals surface area contributed by atoms with Gasteiger partial charge in [-0.25, -0.2) is 4.39 Å². The third-order valence-electron chi connectivity index (χ3n) is 5.72. The van der Waals surface area contributed by atoms with Gasteiger partial charge in [0.05, 0.1) is 11.8 Å². The van der Waals surface area contributed by atoms with E-state index in [1.807, 2.05) is 38.1 Å². The van der Waals surface area contributed by atoms with Crippen molar-refractivity contribution < 1.29 is 4.39 Å². The summed E-state index contributed by atoms with van der Waals surface area (Å²) in [6.07, 6.45) is 2.18. The molecule has 1 atom stereocenters. The maximum absolute atomic E-state index is 13.9. The number of benzene rings is 2. The third kappa shape index (κ3) is 2.92. The fourth-order valence-corrected chi connectivity index (χ4v) is 4.24. The Bertz CT molecular complexity index is 1050. The average Bonchev–Trinajstić information content (AvgIpc) is 3.02. The summed E-state index contributed by atoms with van der Waals surface area (Å²) in [6.45, 7) is 4.01. The van der Waals surface area contributed by atoms with E-state index in [0.717, 1.165) is 52.0 Å². The number of fused-ring (bicyclic) bond motifs is 1. The predicted molar refractivity (Wildman–Crippen MR) is 105 cm³/mol. The first-order valence-corrected chi connectivity index (χ1v) is 9.26. The van der Waals surface area contributed by atoms with Crippen LogP contribution in [-0.4, -0.2) is 4.98 Å². The van der Waals surface area contributed by atoms with E-state index >= 15 is 0 Å². The lowest BCUT2D eigenvalue weighted by atomic mass is 9.80. The minimum absolute atomic E-state index is 0.246. The zero-order valence-corrected chi connectivity index (χ0v) is 15.6. The van der Waals surface area contributed by atoms with Gasteiger partial charge in [-0.15, -0.1) is 0 Å². The Balaban J connectivity index is 1.90. The van der Waals surface area contributed by atoms with Crippen molar-refractivity contribution >= 4 is 0 Å². The Hall–Kier alpha value is -2.99. The molecule has 3 aromatic rings. The second kappa shape index (κ2) is 6.63. The molecule has 0 bridgehead atoms. The van der Waals surface area contributed by atoms with Crippen LogP contribution in [0.25, 0.3) is 11.1 Å². The summed E-state index contributed by atoms with van der Waals surface area (Å²) in [5, 5.41) is 10.1. The normalized spacial score (nSPS) is 18.1. The van der Waals surface area contributed by atoms with Gasteiger partial charge in [-0.05, 0) is 73.1 Å². The molecule has 0 aliphatic heterocycles. The highest BCUT2D eigenvalue weighted by atomic mass is 19.1. The molecule has 1 aromatic heterocycles. The van der Waals surface area contributed by atoms with Crippen LogP contribution in [-0.2, 0) is 18.3 Å². The molecule has 27 heavy (non-hydrogen) atoms. The summed E-state index contributed by atoms with van der Waals surface area (Å²) in [7, 11) is 0. The zero-order chi connectivity index (χ0) is 19.0. The second-order valence-corrected chi connectivity index (χ2v) is 7.39. The quantitative estimate of drug-likeness (QED) is 0.625. The highest BCUT2D eigenvalue weighted by molar-refractivity contribution is 5.74. The van der Waals surface area contributed by atoms with Crippen molar-refractivity contribution in [2.24, 2.45) is 0 Å². The average molecular weight is 356 g/mol. The first kappa shape index (κ1) is 17.4. The zero-order valence-electron chi connectivity index (χ0n) is 15.6. The smallest absolute Gasteiger partial charge is 0.123 e. The van der Waals surface area contributed by atoms with Crippen molar-refractivity contribution in [3.8, 4) is 17.2 Å². The molecule has 0 spiro atoms. The van der Waals surface area contributed by atoms with Gasteiger partial charge in [-0.2, -0.15) is 5.26 Å². The number of nitrogens with zero attached hydrogens (tertiary/aromatic N) is 2. The molecule has 0 saturated heterocycles. The molecule has 0 radical (unpaired) electrons. The first-order chi connectivity index (χ1) is 13.0. The Morgan fingerprint density at radius 2 is 1.89 bits per heavy atom. The molecule has 0 fully saturated rings. The number of aryl methyl sites for hydroxylation is 1. The van der Waals surface area contributed by atoms with E-state index in [1.165, 1.54) is 6.07 Å². The minimum Gasteiger partial charge on any atom is -0.256 e. The largest absolute Gasteiger partial charge is 0.256 e. The van der Waals surface area contributed by atoms with E-state index in [-0.39, 0.29) is 5.82 Å². The first-order valence-electron chi connectivity index (χ1n) is 9.26. The molecular weight excluding hydrogens is 335 g/mol. The van der Waals surface area contributed by atoms with Crippen LogP contribution in [0.1, 0.15) is 34.5 Å². The van der Waals surface area contributed by atoms with Gasteiger partial charge in [0.1, 0.15) is 11.2 Å². The van der Waals surface area contributed by atoms with E-state index in [9.17, 15) is 9.65 Å². The molecule has 0 N–H and O–H groups in total. The highest BCUT2D eigenvalue weighted by Gasteiger charge is 2.42. The lowest BCUT2D eigenvalue weighted by Crippen LogP contribution is -2.25. The summed E-state index contributed by atoms with van der Waals surface area (Å²) < 4.78 is 13.9. The molecule has 2 aromatic carbocycles. The van der Waals surface area contributed by atoms with Gasteiger partial charge >= 0.3 is 0 Å². The fraction of sp³-hybridized carbons (Fsp3) is 0.250. The van der Waals surface area contributed by atoms with E-state index in [4.69, 9.17) is 4.98 Å². The summed E-state index contributed by atoms with van der Waals surface area (Å²) in [5.74, 6) is -0.246. The van der Waals surface area contributed by atoms with E-state index < -0.39 is 5.41 Å². The van der Waals surface area contributed by atoms with E-state index in [2.05, 4.69) is 18.2 Å². The molecule has 2 nitrogen and oxygen atoms in total. The summed E-state index contributed by atoms with van der Waals surface area (Å²) >= 11 is 0. The van der Waals surface area contributed by atoms with Crippen molar-refractivity contribution in [1.82, 2.24) is 4.98 Å². The number of hydrogen-bond acceptors (Lipinski definition) is 2. The van der Waals surface area contributed by atoms with Crippen LogP contribution < -0.4 is 0 Å². The maximum atomic E-state index is 13.9. The van der Waals surface area contributed by atoms with Gasteiger partial charge in [0.2, 0.25) is 0 Å². The summed E-state index contributed by atoms with van der Waals surface area (Å²) in [5.41, 5.74) is 6.36. The maximum Gasteiger partial charge on any atom is 0.123 e. The lowest BCUT2D eigenvalue weighted by molar-refractivity contribution is 0.527. The lowest BCUT2D eigenvalue weighted by Gasteiger charge is -2.23. The van der Waals surface area contributed by atoms with Gasteiger partial charge in [-0.1, -0.05) is 42.5 Å². The van der Waals surface area contributed by atoms with Crippen molar-refractivity contribution in [3.63, 3.8) is 0 Å². The Labute approximate surface area is 159 Å². The molecule has 134 valence electrons. The summed E-state index contributed by atoms with van der Waals surface area (Å²) in [6, 6.07) is 19.4. The van der Waals surface area contributed by atoms with Gasteiger partial charge in [-0.3, -0.25) is 4.98 Å². The molecule has 1 heterocycles. The Morgan fingerprint density at radius 1 is 1.11 bits per heavy atom. The van der Waals surface area contributed by atoms with E-state index in [1.54, 1.807) is 12.1 Å². The van der Waals surface area contributed by atoms with Crippen LogP contribution in [0.5, 0.6) is 0 Å². The fourth-order valence-electron chi connectivity index (χ4n) is 4.24. The standard InChI is InChI=1S/C24H21FN2/c1-16-17(2)27-23-21(22(16)19-9-6-10-20(25)13-19)11-12-24(23,15-26)14-18-7-4-3-5-8-18/h3-10,13H,11-12,14H2,1-2H3. The van der Waals surface area contributed by atoms with Crippen LogP contribution in [0.15, 0.2) is 54.6 Å². The van der Waals surface area contributed by atoms with Crippen LogP contribution in [0.2, 0.25) is 0 Å². The highest BCUT2D eigenvalue weighted by Crippen LogP contribution is 2.45. The van der Waals surface area contributed by atoms with Crippen molar-refractivity contribution in [2.75, 3.05) is 0 Å². The molecule has 0 amide bonds. The topological polar surface area (TPSA) is 36.7 Å². The molecule has 3 heteroatoms. The van der Waals surface area contributed by atoms with Gasteiger partial charge in [0, 0.05) is 5.69 Å². The molecular formula is C24H21FN2. The van der Waals surface area contributed by atoms with E-state index in [0.29, 0.717) is 6.42 Å². The molecule has 1 aliphatic rings. The van der Waals surface area contributed by atoms with Crippen LogP contribution in [0, 0.1) is 31.0 Å². The Kier molecular flexibility index (Phi) is 4.28. The number of halogens is 1. The number of hydrogen-bond donors (Lipinski definition) is 0. The van der Waals surface area contributed by atoms with Crippen molar-refractivity contribution in [3.05, 3.63) is 88.5 Å². The van der Waals surface area contributed by atoms with Crippen molar-refractivity contribution in [2.45, 2.75) is 38.5 Å². The minimum atomic E-state index is -0.628. The Morgan fingerprint density at radius 3 is 2.59 bits per heavy atom. The van der Waals surface area contributed by atoms with Gasteiger partial charge < -0.3 is 0 Å². The van der Waals surface area contributed by atoms with Crippen molar-refractivity contribution in [1.29, 1.82) is 5.26 Å². The van der Waals surface area contributed by atoms with Crippen LogP contribution in [0.4, 0.5) is 4.39 Å². The SMILES string of the molecule is Cc1nc2c(c(-c3cccc(F)c3)c1C)CCC2(C#N)Cc1ccccc1. The number of nitriles is 1. The number of aromatic nitrogens is 1. The van der Waals surface area contributed by atoms with Crippen LogP contribution in [0.3, 0.4) is 0 Å². The predicted octanol–water partition coefficient (Wildman–Crippen LogP) is 5.45. The number of rotatable bonds is 3. The second-order valence-electron chi connectivity index (χ2n) is 7.39. The van der Waals surface area contributed by atoms with Gasteiger partial charge in [0.25, 0.3) is 0 Å². The molecule has 1 aliphatic carbocycles. The molecule has 4 rings (SSSR count).